The maximum absolute atomic E-state index is 13.6. The number of fused-ring (bicyclic) bond motifs is 1. The lowest BCUT2D eigenvalue weighted by atomic mass is 10.1. The van der Waals surface area contributed by atoms with Crippen molar-refractivity contribution < 1.29 is 34.7 Å². The Morgan fingerprint density at radius 1 is 1.02 bits per heavy atom. The molecule has 10 nitrogen and oxygen atoms in total. The summed E-state index contributed by atoms with van der Waals surface area (Å²) in [4.78, 5) is 2.17. The minimum absolute atomic E-state index is 0.0517. The number of aromatic nitrogens is 1. The largest absolute Gasteiger partial charge is 0.495 e. The summed E-state index contributed by atoms with van der Waals surface area (Å²) in [5.74, 6) is 6.16. The van der Waals surface area contributed by atoms with E-state index in [1.165, 1.54) is 23.5 Å². The molecule has 244 valence electrons. The van der Waals surface area contributed by atoms with Crippen molar-refractivity contribution in [1.82, 2.24) is 13.8 Å². The van der Waals surface area contributed by atoms with Crippen LogP contribution in [0.4, 0.5) is 24.5 Å². The molecule has 0 unspecified atom stereocenters. The Bertz CT molecular complexity index is 1810. The highest BCUT2D eigenvalue weighted by Gasteiger charge is 2.31. The Morgan fingerprint density at radius 3 is 2.40 bits per heavy atom. The summed E-state index contributed by atoms with van der Waals surface area (Å²) < 4.78 is 98.8. The lowest BCUT2D eigenvalue weighted by Crippen LogP contribution is -2.47. The number of sulfonamides is 1. The van der Waals surface area contributed by atoms with Crippen molar-refractivity contribution in [3.63, 3.8) is 0 Å². The van der Waals surface area contributed by atoms with E-state index in [4.69, 9.17) is 4.74 Å². The lowest BCUT2D eigenvalue weighted by molar-refractivity contribution is -0.140. The van der Waals surface area contributed by atoms with Crippen LogP contribution in [0.15, 0.2) is 47.4 Å². The number of likely N-dealkylation sites (N-methyl/N-ethyl adjacent to an activating group) is 1. The molecule has 0 amide bonds. The third-order valence-corrected chi connectivity index (χ3v) is 11.7. The van der Waals surface area contributed by atoms with Crippen LogP contribution < -0.4 is 15.4 Å². The second-order valence-corrected chi connectivity index (χ2v) is 15.5. The number of ether oxygens (including phenoxy) is 1. The Kier molecular flexibility index (Phi) is 9.60. The van der Waals surface area contributed by atoms with E-state index in [-0.39, 0.29) is 34.7 Å². The number of benzene rings is 2. The highest BCUT2D eigenvalue weighted by molar-refractivity contribution is 7.91. The molecule has 0 aliphatic carbocycles. The molecular formula is C30H36F3N5O5S2. The molecule has 45 heavy (non-hydrogen) atoms. The van der Waals surface area contributed by atoms with Gasteiger partial charge in [-0.15, -0.1) is 0 Å². The van der Waals surface area contributed by atoms with E-state index in [2.05, 4.69) is 27.4 Å². The van der Waals surface area contributed by atoms with Crippen molar-refractivity contribution in [2.45, 2.75) is 36.5 Å². The molecule has 3 heterocycles. The molecular weight excluding hydrogens is 631 g/mol. The van der Waals surface area contributed by atoms with Gasteiger partial charge in [-0.3, -0.25) is 0 Å². The first kappa shape index (κ1) is 32.9. The third kappa shape index (κ3) is 7.86. The minimum Gasteiger partial charge on any atom is -0.495 e. The van der Waals surface area contributed by atoms with Gasteiger partial charge < -0.3 is 24.8 Å². The second kappa shape index (κ2) is 13.1. The third-order valence-electron chi connectivity index (χ3n) is 8.05. The van der Waals surface area contributed by atoms with Crippen LogP contribution in [0.5, 0.6) is 5.75 Å². The van der Waals surface area contributed by atoms with E-state index in [1.807, 2.05) is 7.05 Å². The molecule has 0 spiro atoms. The van der Waals surface area contributed by atoms with Crippen LogP contribution in [-0.2, 0) is 26.4 Å². The van der Waals surface area contributed by atoms with Crippen LogP contribution in [-0.4, -0.2) is 101 Å². The zero-order chi connectivity index (χ0) is 32.4. The lowest BCUT2D eigenvalue weighted by Gasteiger charge is -2.31. The van der Waals surface area contributed by atoms with Gasteiger partial charge in [0.15, 0.2) is 0 Å². The zero-order valence-corrected chi connectivity index (χ0v) is 26.7. The van der Waals surface area contributed by atoms with E-state index < -0.39 is 32.6 Å². The number of methoxy groups -OCH3 is 1. The number of rotatable bonds is 8. The van der Waals surface area contributed by atoms with Crippen LogP contribution in [0, 0.1) is 11.8 Å². The number of piperazine rings is 1. The quantitative estimate of drug-likeness (QED) is 0.351. The topological polar surface area (TPSA) is 113 Å². The Labute approximate surface area is 261 Å². The van der Waals surface area contributed by atoms with Gasteiger partial charge in [0.2, 0.25) is 10.0 Å². The number of nitrogens with one attached hydrogen (secondary N) is 2. The Balaban J connectivity index is 1.35. The van der Waals surface area contributed by atoms with Gasteiger partial charge in [-0.1, -0.05) is 12.0 Å². The molecule has 2 aliphatic heterocycles. The van der Waals surface area contributed by atoms with E-state index in [0.717, 1.165) is 4.57 Å². The van der Waals surface area contributed by atoms with Crippen molar-refractivity contribution in [2.24, 2.45) is 0 Å². The first-order chi connectivity index (χ1) is 21.3. The fourth-order valence-corrected chi connectivity index (χ4v) is 8.48. The maximum atomic E-state index is 13.6. The van der Waals surface area contributed by atoms with Crippen LogP contribution in [0.25, 0.3) is 10.9 Å². The Hall–Kier alpha value is -3.45. The van der Waals surface area contributed by atoms with E-state index in [9.17, 15) is 30.0 Å². The van der Waals surface area contributed by atoms with Crippen molar-refractivity contribution in [1.29, 1.82) is 0 Å². The average molecular weight is 668 g/mol. The van der Waals surface area contributed by atoms with Crippen molar-refractivity contribution in [3.8, 4) is 17.6 Å². The van der Waals surface area contributed by atoms with Gasteiger partial charge in [-0.05, 0) is 56.1 Å². The van der Waals surface area contributed by atoms with Crippen LogP contribution in [0.2, 0.25) is 0 Å². The van der Waals surface area contributed by atoms with Gasteiger partial charge in [-0.2, -0.15) is 17.5 Å². The number of nitrogens with zero attached hydrogens (tertiary/aromatic N) is 3. The first-order valence-corrected chi connectivity index (χ1v) is 17.8. The summed E-state index contributed by atoms with van der Waals surface area (Å²) in [6, 6.07) is 11.0. The number of halogens is 3. The molecule has 5 rings (SSSR count). The zero-order valence-electron chi connectivity index (χ0n) is 25.0. The second-order valence-electron chi connectivity index (χ2n) is 11.3. The summed E-state index contributed by atoms with van der Waals surface area (Å²) in [5, 5.41) is 6.95. The highest BCUT2D eigenvalue weighted by Crippen LogP contribution is 2.32. The summed E-state index contributed by atoms with van der Waals surface area (Å²) in [7, 11) is -3.40. The van der Waals surface area contributed by atoms with Gasteiger partial charge in [0.1, 0.15) is 22.1 Å². The smallest absolute Gasteiger partial charge is 0.406 e. The molecule has 0 atom stereocenters. The molecule has 0 saturated carbocycles. The van der Waals surface area contributed by atoms with Gasteiger partial charge >= 0.3 is 6.18 Å². The van der Waals surface area contributed by atoms with Crippen molar-refractivity contribution in [3.05, 3.63) is 48.2 Å². The molecule has 2 saturated heterocycles. The SMILES string of the molecule is COc1cc(S(=O)(=O)N2CCN(C)CC2)ccc1NCC#Cc1cc2c(NC3CCS(=O)(=O)CC3)cccc2n1CC(F)(F)F. The van der Waals surface area contributed by atoms with Gasteiger partial charge in [0.25, 0.3) is 0 Å². The molecule has 2 aromatic carbocycles. The molecule has 0 bridgehead atoms. The molecule has 2 N–H and O–H groups in total. The predicted octanol–water partition coefficient (Wildman–Crippen LogP) is 3.60. The number of hydrogen-bond donors (Lipinski definition) is 2. The number of hydrogen-bond acceptors (Lipinski definition) is 8. The minimum atomic E-state index is -4.48. The number of anilines is 2. The first-order valence-electron chi connectivity index (χ1n) is 14.5. The fraction of sp³-hybridized carbons (Fsp3) is 0.467. The molecule has 15 heteroatoms. The maximum Gasteiger partial charge on any atom is 0.406 e. The Morgan fingerprint density at radius 2 is 1.73 bits per heavy atom. The summed E-state index contributed by atoms with van der Waals surface area (Å²) >= 11 is 0. The summed E-state index contributed by atoms with van der Waals surface area (Å²) in [5.41, 5.74) is 1.64. The summed E-state index contributed by atoms with van der Waals surface area (Å²) in [6.45, 7) is 0.892. The standard InChI is InChI=1S/C30H36F3N5O5S2/c1-36-13-15-37(16-14-36)45(41,42)24-8-9-27(29(20-24)43-2)34-12-4-5-23-19-25-26(35-22-10-17-44(39,40)18-11-22)6-3-7-28(25)38(23)21-30(31,32)33/h3,6-9,19-20,22,34-35H,10-18,21H2,1-2H3. The number of alkyl halides is 3. The average Bonchev–Trinajstić information content (AvgIpc) is 3.33. The van der Waals surface area contributed by atoms with E-state index in [1.54, 1.807) is 30.3 Å². The molecule has 2 fully saturated rings. The predicted molar refractivity (Wildman–Crippen MR) is 168 cm³/mol. The number of sulfone groups is 1. The summed E-state index contributed by atoms with van der Waals surface area (Å²) in [6.07, 6.45) is -3.64. The highest BCUT2D eigenvalue weighted by atomic mass is 32.2. The van der Waals surface area contributed by atoms with Gasteiger partial charge in [0, 0.05) is 49.4 Å². The van der Waals surface area contributed by atoms with E-state index >= 15 is 0 Å². The molecule has 0 radical (unpaired) electrons. The normalized spacial score (nSPS) is 18.3. The monoisotopic (exact) mass is 667 g/mol. The molecule has 2 aliphatic rings. The van der Waals surface area contributed by atoms with Crippen LogP contribution >= 0.6 is 0 Å². The molecule has 1 aromatic heterocycles. The van der Waals surface area contributed by atoms with Gasteiger partial charge in [0.05, 0.1) is 47.0 Å². The molecule has 3 aromatic rings. The fourth-order valence-electron chi connectivity index (χ4n) is 5.55. The van der Waals surface area contributed by atoms with Crippen molar-refractivity contribution >= 4 is 42.1 Å². The van der Waals surface area contributed by atoms with Crippen molar-refractivity contribution in [2.75, 3.05) is 69.0 Å². The van der Waals surface area contributed by atoms with Gasteiger partial charge in [-0.25, -0.2) is 16.8 Å². The van der Waals surface area contributed by atoms with Crippen LogP contribution in [0.1, 0.15) is 18.5 Å². The van der Waals surface area contributed by atoms with E-state index in [0.29, 0.717) is 67.0 Å². The van der Waals surface area contributed by atoms with Crippen LogP contribution in [0.3, 0.4) is 0 Å².